The smallest absolute Gasteiger partial charge is 0.233 e. The maximum Gasteiger partial charge on any atom is 0.233 e. The predicted molar refractivity (Wildman–Crippen MR) is 69.7 cm³/mol. The molecule has 3 nitrogen and oxygen atoms in total. The summed E-state index contributed by atoms with van der Waals surface area (Å²) in [4.78, 5) is 25.6. The molecule has 0 spiro atoms. The third-order valence-electron chi connectivity index (χ3n) is 3.96. The fraction of sp³-hybridized carbons (Fsp3) is 0.692. The molecule has 4 heteroatoms. The third-order valence-corrected chi connectivity index (χ3v) is 4.17. The van der Waals surface area contributed by atoms with Crippen LogP contribution >= 0.6 is 12.6 Å². The van der Waals surface area contributed by atoms with Crippen LogP contribution < -0.4 is 0 Å². The van der Waals surface area contributed by atoms with Gasteiger partial charge in [0.1, 0.15) is 0 Å². The van der Waals surface area contributed by atoms with Crippen molar-refractivity contribution in [2.24, 2.45) is 17.8 Å². The van der Waals surface area contributed by atoms with E-state index in [0.29, 0.717) is 18.2 Å². The summed E-state index contributed by atoms with van der Waals surface area (Å²) >= 11 is 4.06. The highest BCUT2D eigenvalue weighted by molar-refractivity contribution is 7.80. The minimum atomic E-state index is -0.0307. The number of likely N-dealkylation sites (tertiary alicyclic amines) is 1. The lowest BCUT2D eigenvalue weighted by Gasteiger charge is -2.15. The van der Waals surface area contributed by atoms with Gasteiger partial charge in [0.15, 0.2) is 0 Å². The van der Waals surface area contributed by atoms with Gasteiger partial charge < -0.3 is 0 Å². The Hall–Kier alpha value is -0.770. The monoisotopic (exact) mass is 253 g/mol. The highest BCUT2D eigenvalue weighted by atomic mass is 32.1. The van der Waals surface area contributed by atoms with Crippen LogP contribution in [0.15, 0.2) is 12.2 Å². The van der Waals surface area contributed by atoms with Crippen LogP contribution in [-0.4, -0.2) is 29.0 Å². The first-order valence-electron chi connectivity index (χ1n) is 6.30. The minimum Gasteiger partial charge on any atom is -0.278 e. The van der Waals surface area contributed by atoms with Crippen LogP contribution in [0.2, 0.25) is 0 Å². The summed E-state index contributed by atoms with van der Waals surface area (Å²) in [6, 6.07) is 0. The molecular weight excluding hydrogens is 234 g/mol. The Morgan fingerprint density at radius 1 is 1.24 bits per heavy atom. The molecule has 0 N–H and O–H groups in total. The first-order chi connectivity index (χ1) is 8.19. The Morgan fingerprint density at radius 2 is 1.82 bits per heavy atom. The van der Waals surface area contributed by atoms with E-state index in [1.165, 1.54) is 4.90 Å². The molecule has 2 unspecified atom stereocenters. The van der Waals surface area contributed by atoms with Gasteiger partial charge in [-0.2, -0.15) is 12.6 Å². The number of thiol groups is 1. The van der Waals surface area contributed by atoms with Gasteiger partial charge in [-0.25, -0.2) is 0 Å². The fourth-order valence-electron chi connectivity index (χ4n) is 2.97. The largest absolute Gasteiger partial charge is 0.278 e. The molecule has 1 heterocycles. The Labute approximate surface area is 108 Å². The lowest BCUT2D eigenvalue weighted by Crippen LogP contribution is -2.32. The van der Waals surface area contributed by atoms with Crippen LogP contribution in [-0.2, 0) is 9.59 Å². The molecule has 0 radical (unpaired) electrons. The number of rotatable bonds is 4. The molecule has 0 aromatic heterocycles. The zero-order valence-electron chi connectivity index (χ0n) is 10.1. The van der Waals surface area contributed by atoms with Gasteiger partial charge in [0.05, 0.1) is 11.8 Å². The summed E-state index contributed by atoms with van der Waals surface area (Å²) in [7, 11) is 0. The van der Waals surface area contributed by atoms with Crippen LogP contribution in [0.1, 0.15) is 26.2 Å². The van der Waals surface area contributed by atoms with Crippen LogP contribution in [0.5, 0.6) is 0 Å². The lowest BCUT2D eigenvalue weighted by atomic mass is 10.00. The molecule has 1 saturated heterocycles. The summed E-state index contributed by atoms with van der Waals surface area (Å²) in [6.45, 7) is 2.55. The van der Waals surface area contributed by atoms with Gasteiger partial charge in [-0.05, 0) is 18.8 Å². The van der Waals surface area contributed by atoms with Crippen molar-refractivity contribution in [1.29, 1.82) is 0 Å². The van der Waals surface area contributed by atoms with E-state index < -0.39 is 0 Å². The normalized spacial score (nSPS) is 32.8. The number of hydrogen-bond donors (Lipinski definition) is 1. The van der Waals surface area contributed by atoms with Crippen molar-refractivity contribution in [2.45, 2.75) is 26.2 Å². The Kier molecular flexibility index (Phi) is 3.92. The molecule has 17 heavy (non-hydrogen) atoms. The van der Waals surface area contributed by atoms with Gasteiger partial charge in [0, 0.05) is 12.3 Å². The van der Waals surface area contributed by atoms with Crippen molar-refractivity contribution < 1.29 is 9.59 Å². The molecular formula is C13H19NO2S. The van der Waals surface area contributed by atoms with E-state index in [4.69, 9.17) is 0 Å². The number of carbonyl (C=O) groups is 2. The molecule has 2 aliphatic rings. The molecule has 0 bridgehead atoms. The molecule has 0 aromatic rings. The number of imide groups is 1. The van der Waals surface area contributed by atoms with E-state index in [1.54, 1.807) is 0 Å². The second-order valence-electron chi connectivity index (χ2n) is 4.90. The Bertz CT molecular complexity index is 329. The van der Waals surface area contributed by atoms with Gasteiger partial charge in [-0.15, -0.1) is 0 Å². The summed E-state index contributed by atoms with van der Waals surface area (Å²) < 4.78 is 0. The van der Waals surface area contributed by atoms with E-state index in [1.807, 2.05) is 12.2 Å². The van der Waals surface area contributed by atoms with Gasteiger partial charge in [-0.3, -0.25) is 14.5 Å². The van der Waals surface area contributed by atoms with E-state index in [9.17, 15) is 9.59 Å². The van der Waals surface area contributed by atoms with Crippen molar-refractivity contribution in [3.63, 3.8) is 0 Å². The summed E-state index contributed by atoms with van der Waals surface area (Å²) in [5.74, 6) is 1.22. The quantitative estimate of drug-likeness (QED) is 0.472. The number of fused-ring (bicyclic) bond motifs is 1. The number of nitrogens with zero attached hydrogens (tertiary/aromatic N) is 1. The zero-order valence-corrected chi connectivity index (χ0v) is 11.0. The van der Waals surface area contributed by atoms with Gasteiger partial charge in [0.25, 0.3) is 0 Å². The van der Waals surface area contributed by atoms with E-state index in [-0.39, 0.29) is 23.7 Å². The number of hydrogen-bond acceptors (Lipinski definition) is 3. The van der Waals surface area contributed by atoms with Crippen LogP contribution in [0.3, 0.4) is 0 Å². The van der Waals surface area contributed by atoms with Crippen molar-refractivity contribution in [1.82, 2.24) is 4.90 Å². The lowest BCUT2D eigenvalue weighted by molar-refractivity contribution is -0.139. The molecule has 2 rings (SSSR count). The Balaban J connectivity index is 2.03. The van der Waals surface area contributed by atoms with Crippen molar-refractivity contribution in [3.8, 4) is 0 Å². The van der Waals surface area contributed by atoms with Crippen LogP contribution in [0.4, 0.5) is 0 Å². The van der Waals surface area contributed by atoms with Crippen LogP contribution in [0.25, 0.3) is 0 Å². The van der Waals surface area contributed by atoms with Crippen molar-refractivity contribution >= 4 is 24.4 Å². The molecule has 1 aliphatic carbocycles. The number of amides is 2. The highest BCUT2D eigenvalue weighted by Gasteiger charge is 2.51. The topological polar surface area (TPSA) is 37.4 Å². The second-order valence-corrected chi connectivity index (χ2v) is 5.26. The highest BCUT2D eigenvalue weighted by Crippen LogP contribution is 2.44. The second kappa shape index (κ2) is 5.25. The summed E-state index contributed by atoms with van der Waals surface area (Å²) in [5, 5.41) is 0. The van der Waals surface area contributed by atoms with Gasteiger partial charge in [0.2, 0.25) is 11.8 Å². The molecule has 2 fully saturated rings. The summed E-state index contributed by atoms with van der Waals surface area (Å²) in [5.41, 5.74) is 0. The zero-order chi connectivity index (χ0) is 12.4. The van der Waals surface area contributed by atoms with E-state index in [2.05, 4.69) is 19.6 Å². The molecule has 94 valence electrons. The SMILES string of the molecule is CCC1CC2C(=O)N(C/C=C/CS)C(=O)C2C1. The maximum absolute atomic E-state index is 12.1. The molecule has 1 aliphatic heterocycles. The standard InChI is InChI=1S/C13H19NO2S/c1-2-9-7-10-11(8-9)13(16)14(12(10)15)5-3-4-6-17/h3-4,9-11,17H,2,5-8H2,1H3/b4-3+. The third kappa shape index (κ3) is 2.28. The van der Waals surface area contributed by atoms with Crippen molar-refractivity contribution in [2.75, 3.05) is 12.3 Å². The minimum absolute atomic E-state index is 0.0307. The molecule has 2 amide bonds. The van der Waals surface area contributed by atoms with Gasteiger partial charge >= 0.3 is 0 Å². The fourth-order valence-corrected chi connectivity index (χ4v) is 3.11. The molecule has 2 atom stereocenters. The molecule has 1 saturated carbocycles. The van der Waals surface area contributed by atoms with E-state index in [0.717, 1.165) is 19.3 Å². The van der Waals surface area contributed by atoms with E-state index >= 15 is 0 Å². The predicted octanol–water partition coefficient (Wildman–Crippen LogP) is 1.89. The molecule has 0 aromatic carbocycles. The summed E-state index contributed by atoms with van der Waals surface area (Å²) in [6.07, 6.45) is 6.60. The van der Waals surface area contributed by atoms with Gasteiger partial charge in [-0.1, -0.05) is 25.5 Å². The Morgan fingerprint density at radius 3 is 2.29 bits per heavy atom. The average Bonchev–Trinajstić information content (AvgIpc) is 2.84. The first-order valence-corrected chi connectivity index (χ1v) is 6.93. The first kappa shape index (κ1) is 12.7. The maximum atomic E-state index is 12.1. The van der Waals surface area contributed by atoms with Crippen LogP contribution in [0, 0.1) is 17.8 Å². The number of carbonyl (C=O) groups excluding carboxylic acids is 2. The van der Waals surface area contributed by atoms with Crippen molar-refractivity contribution in [3.05, 3.63) is 12.2 Å². The average molecular weight is 253 g/mol.